The van der Waals surface area contributed by atoms with E-state index in [1.807, 2.05) is 47.2 Å². The van der Waals surface area contributed by atoms with E-state index in [1.165, 1.54) is 40.6 Å². The summed E-state index contributed by atoms with van der Waals surface area (Å²) in [4.78, 5) is 21.8. The zero-order valence-corrected chi connectivity index (χ0v) is 41.8. The van der Waals surface area contributed by atoms with Crippen LogP contribution in [0.3, 0.4) is 0 Å². The second-order valence-electron chi connectivity index (χ2n) is 19.2. The van der Waals surface area contributed by atoms with Gasteiger partial charge in [-0.3, -0.25) is 9.69 Å². The fourth-order valence-corrected chi connectivity index (χ4v) is 13.2. The second kappa shape index (κ2) is 20.7. The number of nitrogens with zero attached hydrogens (tertiary/aromatic N) is 4. The summed E-state index contributed by atoms with van der Waals surface area (Å²) >= 11 is 7.69. The smallest absolute Gasteiger partial charge is 0.380 e. The summed E-state index contributed by atoms with van der Waals surface area (Å²) < 4.78 is 98.4. The number of carbonyl (C=O) groups is 1. The Hall–Kier alpha value is -4.10. The number of carbonyl (C=O) groups excluding carboxylic acids is 1. The summed E-state index contributed by atoms with van der Waals surface area (Å²) in [5.41, 5.74) is -0.868. The molecule has 3 fully saturated rings. The largest absolute Gasteiger partial charge is 0.501 e. The Morgan fingerprint density at radius 3 is 2.22 bits per heavy atom. The molecule has 3 heterocycles. The molecule has 4 aliphatic rings. The quantitative estimate of drug-likeness (QED) is 0.0985. The molecule has 2 N–H and O–H groups in total. The number of benzene rings is 4. The van der Waals surface area contributed by atoms with Crippen LogP contribution < -0.4 is 14.9 Å². The number of thioether (sulfide) groups is 1. The van der Waals surface area contributed by atoms with Gasteiger partial charge in [0.2, 0.25) is 0 Å². The summed E-state index contributed by atoms with van der Waals surface area (Å²) in [5.74, 6) is -0.619. The maximum atomic E-state index is 14.3. The molecule has 3 atom stereocenters. The van der Waals surface area contributed by atoms with Gasteiger partial charge in [0.05, 0.1) is 10.6 Å². The van der Waals surface area contributed by atoms with E-state index >= 15 is 0 Å². The molecule has 4 aromatic rings. The van der Waals surface area contributed by atoms with Crippen LogP contribution in [0.2, 0.25) is 5.02 Å². The first-order valence-corrected chi connectivity index (χ1v) is 27.6. The number of halogens is 4. The lowest BCUT2D eigenvalue weighted by atomic mass is 9.72. The zero-order chi connectivity index (χ0) is 48.4. The molecule has 0 spiro atoms. The number of sulfonamides is 1. The first-order valence-electron chi connectivity index (χ1n) is 23.3. The normalized spacial score (nSPS) is 21.0. The maximum absolute atomic E-state index is 14.3. The van der Waals surface area contributed by atoms with Crippen molar-refractivity contribution in [1.82, 2.24) is 19.4 Å². The van der Waals surface area contributed by atoms with E-state index in [4.69, 9.17) is 11.6 Å². The van der Waals surface area contributed by atoms with Crippen molar-refractivity contribution in [2.75, 3.05) is 74.9 Å². The Bertz CT molecular complexity index is 2680. The third-order valence-corrected chi connectivity index (χ3v) is 18.2. The molecule has 68 heavy (non-hydrogen) atoms. The van der Waals surface area contributed by atoms with Crippen molar-refractivity contribution >= 4 is 66.1 Å². The number of hydrogen-bond donors (Lipinski definition) is 2. The molecule has 3 saturated heterocycles. The lowest BCUT2D eigenvalue weighted by molar-refractivity contribution is -0.0435. The average molecular weight is 1010 g/mol. The third kappa shape index (κ3) is 11.7. The molecule has 0 aromatic heterocycles. The molecular formula is C50H60ClF3N6O5S3. The van der Waals surface area contributed by atoms with Crippen molar-refractivity contribution in [3.05, 3.63) is 119 Å². The maximum Gasteiger partial charge on any atom is 0.501 e. The highest BCUT2D eigenvalue weighted by molar-refractivity contribution is 7.99. The monoisotopic (exact) mass is 1010 g/mol. The predicted octanol–water partition coefficient (Wildman–Crippen LogP) is 9.28. The van der Waals surface area contributed by atoms with E-state index in [2.05, 4.69) is 57.8 Å². The molecule has 1 unspecified atom stereocenters. The fraction of sp³-hybridized carbons (Fsp3) is 0.460. The first kappa shape index (κ1) is 50.3. The number of piperazine rings is 2. The van der Waals surface area contributed by atoms with Crippen molar-refractivity contribution in [3.8, 4) is 0 Å². The molecule has 8 rings (SSSR count). The molecule has 0 radical (unpaired) electrons. The van der Waals surface area contributed by atoms with Crippen LogP contribution >= 0.6 is 23.4 Å². The van der Waals surface area contributed by atoms with E-state index in [1.54, 1.807) is 12.1 Å². The number of amides is 1. The molecular weight excluding hydrogens is 953 g/mol. The molecule has 1 aliphatic carbocycles. The minimum absolute atomic E-state index is 0.0150. The van der Waals surface area contributed by atoms with Crippen molar-refractivity contribution in [3.63, 3.8) is 0 Å². The van der Waals surface area contributed by atoms with Gasteiger partial charge in [-0.15, -0.1) is 11.8 Å². The topological polar surface area (TPSA) is 122 Å². The highest BCUT2D eigenvalue weighted by Gasteiger charge is 2.49. The summed E-state index contributed by atoms with van der Waals surface area (Å²) in [6.45, 7) is 14.3. The van der Waals surface area contributed by atoms with E-state index in [0.29, 0.717) is 30.8 Å². The van der Waals surface area contributed by atoms with Gasteiger partial charge in [-0.1, -0.05) is 68.3 Å². The van der Waals surface area contributed by atoms with E-state index in [-0.39, 0.29) is 22.7 Å². The molecule has 1 amide bonds. The molecule has 3 aliphatic heterocycles. The minimum atomic E-state index is -6.05. The molecule has 18 heteroatoms. The standard InChI is InChI=1S/C50H60ClF3N6O5S3/c1-4-57-24-26-58(27-25-57)23-21-39(34-66-43-8-6-5-7-9-43)55-46-19-18-44(29-47(46)67(62,63)50(52,53)54)68(64,65)56-48(61)36-12-16-40(17-13-36)60-33-41-28-42(60)32-59(41)31-37-30-49(2,3)22-20-45(37)35-10-14-38(51)15-11-35/h5-19,29,39,41-42,55H,4,20-28,30-34H2,1-3H3,(H,56,61)/t39?,41-,42-/m0/s1. The van der Waals surface area contributed by atoms with Gasteiger partial charge in [-0.25, -0.2) is 21.6 Å². The highest BCUT2D eigenvalue weighted by Crippen LogP contribution is 2.45. The zero-order valence-electron chi connectivity index (χ0n) is 38.6. The highest BCUT2D eigenvalue weighted by atomic mass is 35.5. The van der Waals surface area contributed by atoms with E-state index < -0.39 is 47.1 Å². The number of nitrogens with one attached hydrogen (secondary N) is 2. The Kier molecular flexibility index (Phi) is 15.3. The lowest BCUT2D eigenvalue weighted by Crippen LogP contribution is -2.47. The molecule has 11 nitrogen and oxygen atoms in total. The van der Waals surface area contributed by atoms with Gasteiger partial charge in [0.25, 0.3) is 25.8 Å². The van der Waals surface area contributed by atoms with Crippen molar-refractivity contribution in [2.24, 2.45) is 5.41 Å². The van der Waals surface area contributed by atoms with Crippen LogP contribution in [0, 0.1) is 5.41 Å². The van der Waals surface area contributed by atoms with Crippen LogP contribution in [0.4, 0.5) is 24.5 Å². The van der Waals surface area contributed by atoms with Gasteiger partial charge < -0.3 is 20.0 Å². The molecule has 0 saturated carbocycles. The van der Waals surface area contributed by atoms with Crippen molar-refractivity contribution < 1.29 is 34.8 Å². The van der Waals surface area contributed by atoms with Gasteiger partial charge in [0.1, 0.15) is 4.90 Å². The average Bonchev–Trinajstić information content (AvgIpc) is 3.91. The van der Waals surface area contributed by atoms with Crippen molar-refractivity contribution in [1.29, 1.82) is 0 Å². The van der Waals surface area contributed by atoms with Crippen LogP contribution in [0.15, 0.2) is 117 Å². The van der Waals surface area contributed by atoms with Gasteiger partial charge >= 0.3 is 5.51 Å². The van der Waals surface area contributed by atoms with Gasteiger partial charge in [-0.05, 0) is 122 Å². The third-order valence-electron chi connectivity index (χ3n) is 13.9. The number of rotatable bonds is 17. The lowest BCUT2D eigenvalue weighted by Gasteiger charge is -2.39. The summed E-state index contributed by atoms with van der Waals surface area (Å²) in [7, 11) is -10.9. The number of likely N-dealkylation sites (N-methyl/N-ethyl adjacent to an activating group) is 1. The number of likely N-dealkylation sites (tertiary alicyclic amines) is 1. The number of hydrogen-bond acceptors (Lipinski definition) is 11. The van der Waals surface area contributed by atoms with Crippen LogP contribution in [0.25, 0.3) is 5.57 Å². The van der Waals surface area contributed by atoms with Gasteiger partial charge in [0, 0.05) is 97.4 Å². The van der Waals surface area contributed by atoms with Gasteiger partial charge in [-0.2, -0.15) is 13.2 Å². The fourth-order valence-electron chi connectivity index (χ4n) is 10.0. The van der Waals surface area contributed by atoms with Crippen LogP contribution in [-0.2, 0) is 19.9 Å². The summed E-state index contributed by atoms with van der Waals surface area (Å²) in [5, 5.41) is 3.76. The molecule has 4 aromatic carbocycles. The van der Waals surface area contributed by atoms with Crippen LogP contribution in [0.5, 0.6) is 0 Å². The Morgan fingerprint density at radius 1 is 0.882 bits per heavy atom. The Morgan fingerprint density at radius 2 is 1.57 bits per heavy atom. The van der Waals surface area contributed by atoms with E-state index in [0.717, 1.165) is 106 Å². The van der Waals surface area contributed by atoms with E-state index in [9.17, 15) is 34.8 Å². The second-order valence-corrected chi connectivity index (χ2v) is 24.3. The first-order chi connectivity index (χ1) is 32.3. The SMILES string of the molecule is CCN1CCN(CCC(CSc2ccccc2)Nc2ccc(S(=O)(=O)NC(=O)c3ccc(N4C[C@@H]5C[C@H]4CN5CC4=C(c5ccc(Cl)cc5)CCC(C)(C)C4)cc3)cc2S(=O)(=O)C(F)(F)F)CC1. The number of anilines is 2. The van der Waals surface area contributed by atoms with Crippen LogP contribution in [0.1, 0.15) is 68.8 Å². The Labute approximate surface area is 408 Å². The number of alkyl halides is 3. The summed E-state index contributed by atoms with van der Waals surface area (Å²) in [6.07, 6.45) is 4.66. The minimum Gasteiger partial charge on any atom is -0.380 e. The Balaban J connectivity index is 0.942. The predicted molar refractivity (Wildman–Crippen MR) is 266 cm³/mol. The van der Waals surface area contributed by atoms with Crippen LogP contribution in [-0.4, -0.2) is 126 Å². The van der Waals surface area contributed by atoms with Crippen molar-refractivity contribution in [2.45, 2.75) is 91.2 Å². The number of fused-ring (bicyclic) bond motifs is 2. The van der Waals surface area contributed by atoms with Gasteiger partial charge in [0.15, 0.2) is 0 Å². The number of allylic oxidation sites excluding steroid dienone is 1. The number of sulfone groups is 1. The molecule has 366 valence electrons. The molecule has 2 bridgehead atoms. The summed E-state index contributed by atoms with van der Waals surface area (Å²) in [6, 6.07) is 26.8.